The fourth-order valence-electron chi connectivity index (χ4n) is 3.03. The fourth-order valence-corrected chi connectivity index (χ4v) is 4.56. The van der Waals surface area contributed by atoms with Gasteiger partial charge in [0, 0.05) is 13.1 Å². The van der Waals surface area contributed by atoms with Gasteiger partial charge in [-0.15, -0.1) is 0 Å². The Kier molecular flexibility index (Phi) is 4.78. The number of ether oxygens (including phenoxy) is 2. The lowest BCUT2D eigenvalue weighted by Gasteiger charge is -2.35. The quantitative estimate of drug-likeness (QED) is 0.626. The Labute approximate surface area is 162 Å². The summed E-state index contributed by atoms with van der Waals surface area (Å²) in [6.45, 7) is 0.587. The van der Waals surface area contributed by atoms with Crippen molar-refractivity contribution < 1.29 is 22.4 Å². The van der Waals surface area contributed by atoms with E-state index in [1.807, 2.05) is 24.3 Å². The molecule has 1 aliphatic rings. The molecular formula is C19H19N3O5S. The number of hydrogen-bond acceptors (Lipinski definition) is 7. The smallest absolute Gasteiger partial charge is 0.243 e. The number of sulfonamides is 1. The molecule has 2 aromatic carbocycles. The molecule has 0 saturated carbocycles. The van der Waals surface area contributed by atoms with Crippen molar-refractivity contribution >= 4 is 10.0 Å². The molecular weight excluding hydrogens is 382 g/mol. The number of aromatic nitrogens is 2. The molecule has 1 aromatic heterocycles. The van der Waals surface area contributed by atoms with Gasteiger partial charge in [0.1, 0.15) is 11.5 Å². The lowest BCUT2D eigenvalue weighted by atomic mass is 10.0. The van der Waals surface area contributed by atoms with Gasteiger partial charge in [0.2, 0.25) is 21.7 Å². The van der Waals surface area contributed by atoms with Crippen molar-refractivity contribution in [3.8, 4) is 22.9 Å². The molecule has 4 rings (SSSR count). The van der Waals surface area contributed by atoms with Gasteiger partial charge in [-0.05, 0) is 36.4 Å². The predicted molar refractivity (Wildman–Crippen MR) is 101 cm³/mol. The number of hydrogen-bond donors (Lipinski definition) is 0. The Morgan fingerprint density at radius 2 is 1.75 bits per heavy atom. The average Bonchev–Trinajstić information content (AvgIpc) is 3.16. The predicted octanol–water partition coefficient (Wildman–Crippen LogP) is 2.54. The molecule has 1 fully saturated rings. The fraction of sp³-hybridized carbons (Fsp3) is 0.263. The van der Waals surface area contributed by atoms with E-state index in [9.17, 15) is 8.42 Å². The second kappa shape index (κ2) is 7.25. The molecule has 8 nitrogen and oxygen atoms in total. The highest BCUT2D eigenvalue weighted by molar-refractivity contribution is 7.89. The van der Waals surface area contributed by atoms with Crippen LogP contribution in [0.25, 0.3) is 11.4 Å². The van der Waals surface area contributed by atoms with Crippen LogP contribution in [0.4, 0.5) is 0 Å². The van der Waals surface area contributed by atoms with Crippen LogP contribution in [0.15, 0.2) is 57.9 Å². The molecule has 9 heteroatoms. The van der Waals surface area contributed by atoms with Crippen LogP contribution in [0.2, 0.25) is 0 Å². The molecule has 0 spiro atoms. The van der Waals surface area contributed by atoms with E-state index in [0.717, 1.165) is 5.56 Å². The van der Waals surface area contributed by atoms with Crippen LogP contribution >= 0.6 is 0 Å². The molecule has 1 aliphatic heterocycles. The maximum atomic E-state index is 12.7. The van der Waals surface area contributed by atoms with Crippen LogP contribution in [0, 0.1) is 0 Å². The van der Waals surface area contributed by atoms with Crippen molar-refractivity contribution in [1.82, 2.24) is 14.4 Å². The van der Waals surface area contributed by atoms with E-state index in [2.05, 4.69) is 10.1 Å². The van der Waals surface area contributed by atoms with E-state index in [1.54, 1.807) is 19.2 Å². The lowest BCUT2D eigenvalue weighted by molar-refractivity contribution is 0.217. The zero-order valence-corrected chi connectivity index (χ0v) is 16.2. The first-order valence-corrected chi connectivity index (χ1v) is 10.1. The normalized spacial score (nSPS) is 15.2. The maximum absolute atomic E-state index is 12.7. The summed E-state index contributed by atoms with van der Waals surface area (Å²) in [6, 6.07) is 13.7. The summed E-state index contributed by atoms with van der Waals surface area (Å²) in [6.07, 6.45) is 0. The van der Waals surface area contributed by atoms with Crippen LogP contribution in [0.5, 0.6) is 11.5 Å². The first-order chi connectivity index (χ1) is 13.5. The molecule has 0 radical (unpaired) electrons. The number of benzene rings is 2. The van der Waals surface area contributed by atoms with Crippen LogP contribution in [-0.4, -0.2) is 50.2 Å². The summed E-state index contributed by atoms with van der Waals surface area (Å²) >= 11 is 0. The maximum Gasteiger partial charge on any atom is 0.243 e. The minimum absolute atomic E-state index is 0.135. The standard InChI is InChI=1S/C19H19N3O5S/c1-25-14-7-9-15(10-8-14)28(23,24)22-11-13(12-22)19-20-18(21-27-19)16-5-3-4-6-17(16)26-2/h3-10,13H,11-12H2,1-2H3. The molecule has 0 aliphatic carbocycles. The summed E-state index contributed by atoms with van der Waals surface area (Å²) in [4.78, 5) is 4.66. The number of para-hydroxylation sites is 1. The van der Waals surface area contributed by atoms with E-state index in [1.165, 1.54) is 23.5 Å². The largest absolute Gasteiger partial charge is 0.497 e. The zero-order valence-electron chi connectivity index (χ0n) is 15.4. The Bertz CT molecular complexity index is 1070. The van der Waals surface area contributed by atoms with Gasteiger partial charge in [0.15, 0.2) is 0 Å². The van der Waals surface area contributed by atoms with Gasteiger partial charge >= 0.3 is 0 Å². The lowest BCUT2D eigenvalue weighted by Crippen LogP contribution is -2.48. The van der Waals surface area contributed by atoms with Crippen molar-refractivity contribution in [2.45, 2.75) is 10.8 Å². The first-order valence-electron chi connectivity index (χ1n) is 8.64. The van der Waals surface area contributed by atoms with E-state index in [-0.39, 0.29) is 10.8 Å². The van der Waals surface area contributed by atoms with Crippen molar-refractivity contribution in [1.29, 1.82) is 0 Å². The Balaban J connectivity index is 1.47. The average molecular weight is 401 g/mol. The van der Waals surface area contributed by atoms with Crippen LogP contribution < -0.4 is 9.47 Å². The molecule has 1 saturated heterocycles. The molecule has 28 heavy (non-hydrogen) atoms. The number of methoxy groups -OCH3 is 2. The third-order valence-corrected chi connectivity index (χ3v) is 6.53. The molecule has 0 atom stereocenters. The topological polar surface area (TPSA) is 94.8 Å². The molecule has 3 aromatic rings. The van der Waals surface area contributed by atoms with E-state index >= 15 is 0 Å². The summed E-state index contributed by atoms with van der Waals surface area (Å²) in [5, 5.41) is 4.01. The monoisotopic (exact) mass is 401 g/mol. The van der Waals surface area contributed by atoms with E-state index in [4.69, 9.17) is 14.0 Å². The van der Waals surface area contributed by atoms with E-state index in [0.29, 0.717) is 36.3 Å². The highest BCUT2D eigenvalue weighted by atomic mass is 32.2. The Hall–Kier alpha value is -2.91. The molecule has 0 unspecified atom stereocenters. The third-order valence-electron chi connectivity index (χ3n) is 4.68. The molecule has 146 valence electrons. The van der Waals surface area contributed by atoms with Gasteiger partial charge in [0.05, 0.1) is 30.6 Å². The first kappa shape index (κ1) is 18.5. The summed E-state index contributed by atoms with van der Waals surface area (Å²) in [7, 11) is -0.444. The molecule has 2 heterocycles. The van der Waals surface area contributed by atoms with E-state index < -0.39 is 10.0 Å². The van der Waals surface area contributed by atoms with Gasteiger partial charge < -0.3 is 14.0 Å². The summed E-state index contributed by atoms with van der Waals surface area (Å²) in [5.41, 5.74) is 0.724. The second-order valence-corrected chi connectivity index (χ2v) is 8.29. The van der Waals surface area contributed by atoms with Gasteiger partial charge in [-0.1, -0.05) is 17.3 Å². The van der Waals surface area contributed by atoms with Crippen LogP contribution in [0.3, 0.4) is 0 Å². The molecule has 0 N–H and O–H groups in total. The summed E-state index contributed by atoms with van der Waals surface area (Å²) < 4.78 is 42.6. The minimum atomic E-state index is -3.56. The Morgan fingerprint density at radius 3 is 2.43 bits per heavy atom. The highest BCUT2D eigenvalue weighted by Crippen LogP contribution is 2.34. The highest BCUT2D eigenvalue weighted by Gasteiger charge is 2.40. The van der Waals surface area contributed by atoms with Gasteiger partial charge in [-0.25, -0.2) is 8.42 Å². The molecule has 0 amide bonds. The second-order valence-electron chi connectivity index (χ2n) is 6.35. The summed E-state index contributed by atoms with van der Waals surface area (Å²) in [5.74, 6) is 1.96. The van der Waals surface area contributed by atoms with Crippen molar-refractivity contribution in [3.63, 3.8) is 0 Å². The van der Waals surface area contributed by atoms with Gasteiger partial charge in [-0.2, -0.15) is 9.29 Å². The minimum Gasteiger partial charge on any atom is -0.497 e. The van der Waals surface area contributed by atoms with Gasteiger partial charge in [-0.3, -0.25) is 0 Å². The van der Waals surface area contributed by atoms with Crippen molar-refractivity contribution in [2.75, 3.05) is 27.3 Å². The van der Waals surface area contributed by atoms with Crippen LogP contribution in [0.1, 0.15) is 11.8 Å². The zero-order chi connectivity index (χ0) is 19.7. The van der Waals surface area contributed by atoms with Gasteiger partial charge in [0.25, 0.3) is 0 Å². The van der Waals surface area contributed by atoms with Crippen molar-refractivity contribution in [2.24, 2.45) is 0 Å². The van der Waals surface area contributed by atoms with Crippen molar-refractivity contribution in [3.05, 3.63) is 54.4 Å². The SMILES string of the molecule is COc1ccc(S(=O)(=O)N2CC(c3nc(-c4ccccc4OC)no3)C2)cc1. The van der Waals surface area contributed by atoms with Crippen LogP contribution in [-0.2, 0) is 10.0 Å². The Morgan fingerprint density at radius 1 is 1.04 bits per heavy atom. The number of nitrogens with zero attached hydrogens (tertiary/aromatic N) is 3. The number of rotatable bonds is 6. The molecule has 0 bridgehead atoms. The third kappa shape index (κ3) is 3.23.